The molecular formula is C22H26N2O3. The molecule has 0 spiro atoms. The van der Waals surface area contributed by atoms with E-state index in [1.807, 2.05) is 35.2 Å². The van der Waals surface area contributed by atoms with Crippen LogP contribution in [0.2, 0.25) is 0 Å². The fraction of sp³-hybridized carbons (Fsp3) is 0.364. The van der Waals surface area contributed by atoms with Crippen LogP contribution in [0.3, 0.4) is 0 Å². The topological polar surface area (TPSA) is 58.6 Å². The molecule has 2 aromatic rings. The summed E-state index contributed by atoms with van der Waals surface area (Å²) in [5.41, 5.74) is 1.63. The molecule has 1 aliphatic carbocycles. The van der Waals surface area contributed by atoms with Crippen molar-refractivity contribution in [2.75, 3.05) is 16.8 Å². The third kappa shape index (κ3) is 5.33. The number of hydrogen-bond donors (Lipinski definition) is 1. The summed E-state index contributed by atoms with van der Waals surface area (Å²) < 4.78 is 5.72. The van der Waals surface area contributed by atoms with Gasteiger partial charge in [-0.15, -0.1) is 0 Å². The Labute approximate surface area is 160 Å². The molecule has 0 saturated heterocycles. The summed E-state index contributed by atoms with van der Waals surface area (Å²) in [6.45, 7) is 1.46. The highest BCUT2D eigenvalue weighted by Crippen LogP contribution is 2.27. The molecule has 3 rings (SSSR count). The van der Waals surface area contributed by atoms with Gasteiger partial charge in [0.1, 0.15) is 5.75 Å². The molecule has 1 saturated carbocycles. The van der Waals surface area contributed by atoms with Gasteiger partial charge in [0.15, 0.2) is 6.61 Å². The molecule has 1 N–H and O–H groups in total. The van der Waals surface area contributed by atoms with Crippen LogP contribution in [0.4, 0.5) is 11.4 Å². The number of amides is 2. The van der Waals surface area contributed by atoms with Crippen LogP contribution in [-0.4, -0.2) is 24.5 Å². The summed E-state index contributed by atoms with van der Waals surface area (Å²) in [6, 6.07) is 17.1. The molecule has 2 aromatic carbocycles. The predicted octanol–water partition coefficient (Wildman–Crippen LogP) is 4.39. The smallest absolute Gasteiger partial charge is 0.265 e. The van der Waals surface area contributed by atoms with E-state index in [0.717, 1.165) is 31.4 Å². The van der Waals surface area contributed by atoms with Gasteiger partial charge in [-0.1, -0.05) is 37.5 Å². The fourth-order valence-electron chi connectivity index (χ4n) is 3.54. The van der Waals surface area contributed by atoms with E-state index in [-0.39, 0.29) is 24.5 Å². The van der Waals surface area contributed by atoms with Gasteiger partial charge in [0.2, 0.25) is 5.91 Å². The number of nitrogens with zero attached hydrogens (tertiary/aromatic N) is 1. The van der Waals surface area contributed by atoms with Crippen molar-refractivity contribution in [1.82, 2.24) is 0 Å². The summed E-state index contributed by atoms with van der Waals surface area (Å²) in [6.07, 6.45) is 5.63. The van der Waals surface area contributed by atoms with E-state index < -0.39 is 0 Å². The Kier molecular flexibility index (Phi) is 6.47. The van der Waals surface area contributed by atoms with Gasteiger partial charge in [0, 0.05) is 24.3 Å². The molecule has 0 bridgehead atoms. The predicted molar refractivity (Wildman–Crippen MR) is 107 cm³/mol. The second-order valence-electron chi connectivity index (χ2n) is 6.89. The number of para-hydroxylation sites is 1. The second-order valence-corrected chi connectivity index (χ2v) is 6.89. The van der Waals surface area contributed by atoms with E-state index >= 15 is 0 Å². The third-order valence-corrected chi connectivity index (χ3v) is 4.78. The van der Waals surface area contributed by atoms with E-state index in [0.29, 0.717) is 11.4 Å². The number of anilines is 2. The Bertz CT molecular complexity index is 753. The van der Waals surface area contributed by atoms with Gasteiger partial charge in [-0.25, -0.2) is 0 Å². The highest BCUT2D eigenvalue weighted by atomic mass is 16.5. The van der Waals surface area contributed by atoms with Crippen molar-refractivity contribution in [1.29, 1.82) is 0 Å². The minimum Gasteiger partial charge on any atom is -0.484 e. The summed E-state index contributed by atoms with van der Waals surface area (Å²) in [7, 11) is 0. The van der Waals surface area contributed by atoms with Gasteiger partial charge in [-0.2, -0.15) is 0 Å². The van der Waals surface area contributed by atoms with Crippen LogP contribution in [0.25, 0.3) is 0 Å². The van der Waals surface area contributed by atoms with Crippen molar-refractivity contribution >= 4 is 23.2 Å². The van der Waals surface area contributed by atoms with Gasteiger partial charge in [-0.3, -0.25) is 9.59 Å². The van der Waals surface area contributed by atoms with E-state index in [1.165, 1.54) is 13.3 Å². The average molecular weight is 366 g/mol. The molecule has 0 atom stereocenters. The average Bonchev–Trinajstić information content (AvgIpc) is 2.69. The highest BCUT2D eigenvalue weighted by molar-refractivity contribution is 5.95. The lowest BCUT2D eigenvalue weighted by Gasteiger charge is -2.34. The van der Waals surface area contributed by atoms with E-state index in [9.17, 15) is 9.59 Å². The first-order valence-electron chi connectivity index (χ1n) is 9.51. The van der Waals surface area contributed by atoms with Crippen LogP contribution < -0.4 is 15.0 Å². The maximum absolute atomic E-state index is 13.0. The number of carbonyl (C=O) groups is 2. The molecule has 5 heteroatoms. The van der Waals surface area contributed by atoms with Crippen LogP contribution in [-0.2, 0) is 9.59 Å². The monoisotopic (exact) mass is 366 g/mol. The minimum atomic E-state index is -0.121. The SMILES string of the molecule is CC(=O)Nc1ccc(OCC(=O)N(c2ccccc2)C2CCCCC2)cc1. The number of rotatable bonds is 6. The lowest BCUT2D eigenvalue weighted by Crippen LogP contribution is -2.44. The molecule has 0 unspecified atom stereocenters. The molecule has 5 nitrogen and oxygen atoms in total. The maximum Gasteiger partial charge on any atom is 0.265 e. The zero-order chi connectivity index (χ0) is 19.1. The molecule has 142 valence electrons. The number of carbonyl (C=O) groups excluding carboxylic acids is 2. The normalized spacial score (nSPS) is 14.4. The van der Waals surface area contributed by atoms with Gasteiger partial charge in [0.25, 0.3) is 5.91 Å². The first-order valence-corrected chi connectivity index (χ1v) is 9.51. The second kappa shape index (κ2) is 9.21. The van der Waals surface area contributed by atoms with Crippen molar-refractivity contribution in [2.45, 2.75) is 45.1 Å². The quantitative estimate of drug-likeness (QED) is 0.825. The van der Waals surface area contributed by atoms with Gasteiger partial charge in [0.05, 0.1) is 0 Å². The van der Waals surface area contributed by atoms with Crippen LogP contribution in [0.1, 0.15) is 39.0 Å². The van der Waals surface area contributed by atoms with Gasteiger partial charge < -0.3 is 15.0 Å². The van der Waals surface area contributed by atoms with E-state index in [1.54, 1.807) is 24.3 Å². The largest absolute Gasteiger partial charge is 0.484 e. The van der Waals surface area contributed by atoms with Crippen molar-refractivity contribution in [3.05, 3.63) is 54.6 Å². The van der Waals surface area contributed by atoms with Crippen molar-refractivity contribution in [3.8, 4) is 5.75 Å². The summed E-state index contributed by atoms with van der Waals surface area (Å²) in [5.74, 6) is 0.456. The molecule has 0 aliphatic heterocycles. The third-order valence-electron chi connectivity index (χ3n) is 4.78. The van der Waals surface area contributed by atoms with E-state index in [2.05, 4.69) is 5.32 Å². The fourth-order valence-corrected chi connectivity index (χ4v) is 3.54. The maximum atomic E-state index is 13.0. The Morgan fingerprint density at radius 1 is 1.00 bits per heavy atom. The summed E-state index contributed by atoms with van der Waals surface area (Å²) >= 11 is 0. The Hall–Kier alpha value is -2.82. The van der Waals surface area contributed by atoms with Crippen molar-refractivity contribution in [3.63, 3.8) is 0 Å². The van der Waals surface area contributed by atoms with Gasteiger partial charge >= 0.3 is 0 Å². The van der Waals surface area contributed by atoms with Crippen LogP contribution in [0.5, 0.6) is 5.75 Å². The zero-order valence-corrected chi connectivity index (χ0v) is 15.7. The van der Waals surface area contributed by atoms with Crippen LogP contribution >= 0.6 is 0 Å². The number of nitrogens with one attached hydrogen (secondary N) is 1. The minimum absolute atomic E-state index is 0.00905. The zero-order valence-electron chi connectivity index (χ0n) is 15.7. The van der Waals surface area contributed by atoms with Crippen molar-refractivity contribution in [2.24, 2.45) is 0 Å². The molecule has 1 fully saturated rings. The highest BCUT2D eigenvalue weighted by Gasteiger charge is 2.27. The lowest BCUT2D eigenvalue weighted by molar-refractivity contribution is -0.121. The molecular weight excluding hydrogens is 340 g/mol. The molecule has 2 amide bonds. The lowest BCUT2D eigenvalue weighted by atomic mass is 9.93. The molecule has 1 aliphatic rings. The van der Waals surface area contributed by atoms with E-state index in [4.69, 9.17) is 4.74 Å². The first kappa shape index (κ1) is 19.0. The van der Waals surface area contributed by atoms with Crippen LogP contribution in [0.15, 0.2) is 54.6 Å². The van der Waals surface area contributed by atoms with Crippen molar-refractivity contribution < 1.29 is 14.3 Å². The van der Waals surface area contributed by atoms with Crippen LogP contribution in [0, 0.1) is 0 Å². The molecule has 27 heavy (non-hydrogen) atoms. The summed E-state index contributed by atoms with van der Waals surface area (Å²) in [4.78, 5) is 26.0. The number of ether oxygens (including phenoxy) is 1. The first-order chi connectivity index (χ1) is 13.1. The molecule has 0 radical (unpaired) electrons. The number of benzene rings is 2. The summed E-state index contributed by atoms with van der Waals surface area (Å²) in [5, 5.41) is 2.71. The standard InChI is InChI=1S/C22H26N2O3/c1-17(25)23-18-12-14-21(15-13-18)27-16-22(26)24(19-8-4-2-5-9-19)20-10-6-3-7-11-20/h2,4-5,8-9,12-15,20H,3,6-7,10-11,16H2,1H3,(H,23,25). The Morgan fingerprint density at radius 2 is 1.67 bits per heavy atom. The Morgan fingerprint density at radius 3 is 2.30 bits per heavy atom. The Balaban J connectivity index is 1.66. The number of hydrogen-bond acceptors (Lipinski definition) is 3. The molecule has 0 aromatic heterocycles. The van der Waals surface area contributed by atoms with Gasteiger partial charge in [-0.05, 0) is 49.2 Å². The molecule has 0 heterocycles.